The van der Waals surface area contributed by atoms with Crippen LogP contribution < -0.4 is 9.42 Å². The molecule has 108 valence electrons. The predicted molar refractivity (Wildman–Crippen MR) is 79.8 cm³/mol. The van der Waals surface area contributed by atoms with Gasteiger partial charge in [0, 0.05) is 0 Å². The van der Waals surface area contributed by atoms with Gasteiger partial charge < -0.3 is 13.9 Å². The van der Waals surface area contributed by atoms with Crippen LogP contribution in [0, 0.1) is 0 Å². The zero-order valence-electron chi connectivity index (χ0n) is 12.0. The summed E-state index contributed by atoms with van der Waals surface area (Å²) in [7, 11) is -4.23. The molecule has 4 nitrogen and oxygen atoms in total. The third-order valence-electron chi connectivity index (χ3n) is 2.71. The summed E-state index contributed by atoms with van der Waals surface area (Å²) in [6, 6.07) is 8.38. The Bertz CT molecular complexity index is 386. The Morgan fingerprint density at radius 2 is 1.65 bits per heavy atom. The van der Waals surface area contributed by atoms with Gasteiger partial charge in [0.1, 0.15) is 5.75 Å². The summed E-state index contributed by atoms with van der Waals surface area (Å²) in [6.07, 6.45) is 6.50. The van der Waals surface area contributed by atoms with Crippen LogP contribution in [0.3, 0.4) is 0 Å². The maximum Gasteiger partial charge on any atom is 3.00 e. The van der Waals surface area contributed by atoms with Crippen LogP contribution in [0.4, 0.5) is 0 Å². The maximum atomic E-state index is 11.5. The van der Waals surface area contributed by atoms with Gasteiger partial charge in [0.15, 0.2) is 0 Å². The molecule has 0 spiro atoms. The largest absolute Gasteiger partial charge is 3.00 e. The van der Waals surface area contributed by atoms with Crippen molar-refractivity contribution in [2.45, 2.75) is 45.4 Å². The first kappa shape index (κ1) is 19.7. The molecule has 6 heteroatoms. The zero-order chi connectivity index (χ0) is 14.0. The third kappa shape index (κ3) is 9.58. The summed E-state index contributed by atoms with van der Waals surface area (Å²) in [6.45, 7) is 2.36. The first-order valence-corrected chi connectivity index (χ1v) is 8.30. The van der Waals surface area contributed by atoms with Gasteiger partial charge in [-0.05, 0) is 18.6 Å². The summed E-state index contributed by atoms with van der Waals surface area (Å²) in [5.74, 6) is 0.281. The van der Waals surface area contributed by atoms with Gasteiger partial charge in [-0.1, -0.05) is 57.2 Å². The molecule has 1 aromatic carbocycles. The van der Waals surface area contributed by atoms with Crippen molar-refractivity contribution < 1.29 is 18.5 Å². The van der Waals surface area contributed by atoms with Gasteiger partial charge in [-0.2, -0.15) is 0 Å². The molecular weight excluding hydrogens is 290 g/mol. The Hall–Kier alpha value is -0.298. The van der Waals surface area contributed by atoms with E-state index in [-0.39, 0.29) is 29.7 Å². The smallest absolute Gasteiger partial charge is 0.746 e. The molecular formula is C14H22AlO4P+2. The Morgan fingerprint density at radius 3 is 2.30 bits per heavy atom. The summed E-state index contributed by atoms with van der Waals surface area (Å²) in [5, 5.41) is 0. The number of phosphoric ester groups is 1. The average Bonchev–Trinajstić information content (AvgIpc) is 2.38. The van der Waals surface area contributed by atoms with Gasteiger partial charge in [0.25, 0.3) is 0 Å². The second kappa shape index (κ2) is 11.4. The molecule has 0 aromatic heterocycles. The van der Waals surface area contributed by atoms with Gasteiger partial charge in [0.05, 0.1) is 6.61 Å². The van der Waals surface area contributed by atoms with E-state index in [4.69, 9.17) is 9.05 Å². The van der Waals surface area contributed by atoms with Crippen molar-refractivity contribution in [1.29, 1.82) is 0 Å². The Kier molecular flexibility index (Phi) is 11.2. The third-order valence-corrected chi connectivity index (χ3v) is 3.64. The van der Waals surface area contributed by atoms with Crippen LogP contribution in [0.2, 0.25) is 0 Å². The minimum Gasteiger partial charge on any atom is -0.746 e. The fraction of sp³-hybridized carbons (Fsp3) is 0.571. The van der Waals surface area contributed by atoms with Crippen molar-refractivity contribution >= 4 is 25.2 Å². The molecule has 1 unspecified atom stereocenters. The number of unbranched alkanes of at least 4 members (excludes halogenated alkanes) is 5. The molecule has 1 rings (SSSR count). The Balaban J connectivity index is 0.00000361. The van der Waals surface area contributed by atoms with Gasteiger partial charge in [-0.15, -0.1) is 0 Å². The van der Waals surface area contributed by atoms with E-state index >= 15 is 0 Å². The normalized spacial score (nSPS) is 13.3. The van der Waals surface area contributed by atoms with Crippen LogP contribution >= 0.6 is 7.82 Å². The molecule has 0 saturated carbocycles. The minimum atomic E-state index is -4.23. The standard InChI is InChI=1S/C14H23O4P.Al/c1-2-3-4-5-6-10-13-17-19(15,16)18-14-11-8-7-9-12-14;/h7-9,11-12H,2-6,10,13H2,1H3,(H,15,16);/q;+3/p-1. The second-order valence-electron chi connectivity index (χ2n) is 4.45. The van der Waals surface area contributed by atoms with Crippen molar-refractivity contribution in [2.24, 2.45) is 0 Å². The van der Waals surface area contributed by atoms with E-state index in [1.807, 2.05) is 0 Å². The number of hydrogen-bond donors (Lipinski definition) is 0. The zero-order valence-corrected chi connectivity index (χ0v) is 14.0. The quantitative estimate of drug-likeness (QED) is 0.377. The first-order chi connectivity index (χ1) is 9.14. The van der Waals surface area contributed by atoms with E-state index in [0.29, 0.717) is 0 Å². The van der Waals surface area contributed by atoms with E-state index < -0.39 is 7.82 Å². The van der Waals surface area contributed by atoms with Gasteiger partial charge in [0.2, 0.25) is 0 Å². The summed E-state index contributed by atoms with van der Waals surface area (Å²) in [4.78, 5) is 11.5. The van der Waals surface area contributed by atoms with Crippen molar-refractivity contribution in [3.8, 4) is 5.75 Å². The number of phosphoric acid groups is 1. The fourth-order valence-electron chi connectivity index (χ4n) is 1.70. The van der Waals surface area contributed by atoms with Crippen LogP contribution in [0.25, 0.3) is 0 Å². The van der Waals surface area contributed by atoms with Gasteiger partial charge in [-0.25, -0.2) is 0 Å². The van der Waals surface area contributed by atoms with Crippen LogP contribution in [0.5, 0.6) is 5.75 Å². The molecule has 0 saturated heterocycles. The topological polar surface area (TPSA) is 58.6 Å². The predicted octanol–water partition coefficient (Wildman–Crippen LogP) is 3.53. The molecule has 0 aliphatic heterocycles. The van der Waals surface area contributed by atoms with Gasteiger partial charge in [-0.3, -0.25) is 4.57 Å². The first-order valence-electron chi connectivity index (χ1n) is 6.84. The molecule has 0 fully saturated rings. The van der Waals surface area contributed by atoms with E-state index in [1.54, 1.807) is 30.3 Å². The second-order valence-corrected chi connectivity index (χ2v) is 5.79. The average molecular weight is 312 g/mol. The molecule has 0 bridgehead atoms. The molecule has 1 atom stereocenters. The molecule has 0 aliphatic rings. The number of hydrogen-bond acceptors (Lipinski definition) is 4. The Morgan fingerprint density at radius 1 is 1.05 bits per heavy atom. The van der Waals surface area contributed by atoms with Crippen LogP contribution in [-0.2, 0) is 9.09 Å². The van der Waals surface area contributed by atoms with E-state index in [9.17, 15) is 9.46 Å². The van der Waals surface area contributed by atoms with Gasteiger partial charge >= 0.3 is 25.2 Å². The molecule has 20 heavy (non-hydrogen) atoms. The van der Waals surface area contributed by atoms with Crippen molar-refractivity contribution in [3.05, 3.63) is 30.3 Å². The van der Waals surface area contributed by atoms with E-state index in [1.165, 1.54) is 19.3 Å². The molecule has 0 heterocycles. The fourth-order valence-corrected chi connectivity index (χ4v) is 2.48. The number of benzene rings is 1. The van der Waals surface area contributed by atoms with Crippen LogP contribution in [0.1, 0.15) is 45.4 Å². The maximum absolute atomic E-state index is 11.5. The SMILES string of the molecule is CCCCCCCCOP(=O)([O-])Oc1ccccc1.[Al+3]. The molecule has 0 N–H and O–H groups in total. The molecule has 0 amide bonds. The van der Waals surface area contributed by atoms with Crippen molar-refractivity contribution in [3.63, 3.8) is 0 Å². The molecule has 0 radical (unpaired) electrons. The Labute approximate surface area is 132 Å². The summed E-state index contributed by atoms with van der Waals surface area (Å²) in [5.41, 5.74) is 0. The minimum absolute atomic E-state index is 0. The van der Waals surface area contributed by atoms with Crippen LogP contribution in [0.15, 0.2) is 30.3 Å². The van der Waals surface area contributed by atoms with E-state index in [2.05, 4.69) is 6.92 Å². The summed E-state index contributed by atoms with van der Waals surface area (Å²) < 4.78 is 21.2. The summed E-state index contributed by atoms with van der Waals surface area (Å²) >= 11 is 0. The molecule has 0 aliphatic carbocycles. The monoisotopic (exact) mass is 312 g/mol. The molecule has 1 aromatic rings. The van der Waals surface area contributed by atoms with Crippen molar-refractivity contribution in [2.75, 3.05) is 6.61 Å². The number of rotatable bonds is 10. The van der Waals surface area contributed by atoms with Crippen LogP contribution in [-0.4, -0.2) is 24.0 Å². The van der Waals surface area contributed by atoms with E-state index in [0.717, 1.165) is 19.3 Å². The number of para-hydroxylation sites is 1. The van der Waals surface area contributed by atoms with Crippen molar-refractivity contribution in [1.82, 2.24) is 0 Å².